The van der Waals surface area contributed by atoms with Crippen molar-refractivity contribution in [1.29, 1.82) is 0 Å². The average molecular weight is 269 g/mol. The molecule has 0 aliphatic carbocycles. The molecule has 8 nitrogen and oxygen atoms in total. The monoisotopic (exact) mass is 269 g/mol. The minimum Gasteiger partial charge on any atom is -0.480 e. The number of aliphatic carboxylic acids is 1. The lowest BCUT2D eigenvalue weighted by atomic mass is 10.2. The standard InChI is InChI=1S/C11H19N5O3/c1-4-8(10(17)18)16(3)11(19)12-6-5-9-14-13-7-15(9)2/h7-8H,4-6H2,1-3H3,(H,12,19)(H,17,18). The summed E-state index contributed by atoms with van der Waals surface area (Å²) in [5, 5.41) is 19.2. The molecule has 1 aromatic heterocycles. The SMILES string of the molecule is CCC(C(=O)O)N(C)C(=O)NCCc1nncn1C. The predicted molar refractivity (Wildman–Crippen MR) is 67.6 cm³/mol. The van der Waals surface area contributed by atoms with Gasteiger partial charge in [-0.1, -0.05) is 6.92 Å². The quantitative estimate of drug-likeness (QED) is 0.748. The largest absolute Gasteiger partial charge is 0.480 e. The summed E-state index contributed by atoms with van der Waals surface area (Å²) in [6.45, 7) is 2.11. The van der Waals surface area contributed by atoms with E-state index in [1.54, 1.807) is 17.8 Å². The smallest absolute Gasteiger partial charge is 0.326 e. The number of carboxylic acid groups (broad SMARTS) is 1. The van der Waals surface area contributed by atoms with E-state index >= 15 is 0 Å². The zero-order chi connectivity index (χ0) is 14.4. The molecule has 2 N–H and O–H groups in total. The molecule has 1 rings (SSSR count). The molecular formula is C11H19N5O3. The van der Waals surface area contributed by atoms with E-state index in [4.69, 9.17) is 5.11 Å². The molecule has 0 radical (unpaired) electrons. The molecular weight excluding hydrogens is 250 g/mol. The Kier molecular flexibility index (Phi) is 5.28. The molecule has 0 saturated carbocycles. The lowest BCUT2D eigenvalue weighted by Crippen LogP contribution is -2.47. The van der Waals surface area contributed by atoms with Crippen molar-refractivity contribution in [3.05, 3.63) is 12.2 Å². The van der Waals surface area contributed by atoms with Crippen LogP contribution in [0, 0.1) is 0 Å². The molecule has 1 aromatic rings. The van der Waals surface area contributed by atoms with Crippen molar-refractivity contribution in [1.82, 2.24) is 25.0 Å². The number of hydrogen-bond donors (Lipinski definition) is 2. The summed E-state index contributed by atoms with van der Waals surface area (Å²) < 4.78 is 1.77. The molecule has 1 unspecified atom stereocenters. The molecule has 106 valence electrons. The Bertz CT molecular complexity index is 445. The first-order chi connectivity index (χ1) is 8.97. The van der Waals surface area contributed by atoms with Gasteiger partial charge in [-0.25, -0.2) is 9.59 Å². The van der Waals surface area contributed by atoms with Gasteiger partial charge in [0.25, 0.3) is 0 Å². The topological polar surface area (TPSA) is 100 Å². The maximum atomic E-state index is 11.8. The molecule has 0 bridgehead atoms. The number of nitrogens with zero attached hydrogens (tertiary/aromatic N) is 4. The molecule has 1 heterocycles. The highest BCUT2D eigenvalue weighted by Crippen LogP contribution is 2.02. The Morgan fingerprint density at radius 3 is 2.74 bits per heavy atom. The number of aromatic nitrogens is 3. The summed E-state index contributed by atoms with van der Waals surface area (Å²) >= 11 is 0. The van der Waals surface area contributed by atoms with Crippen molar-refractivity contribution in [2.45, 2.75) is 25.8 Å². The van der Waals surface area contributed by atoms with Gasteiger partial charge in [0.15, 0.2) is 0 Å². The Labute approximate surface area is 111 Å². The molecule has 0 aromatic carbocycles. The fraction of sp³-hybridized carbons (Fsp3) is 0.636. The van der Waals surface area contributed by atoms with Crippen molar-refractivity contribution >= 4 is 12.0 Å². The van der Waals surface area contributed by atoms with E-state index < -0.39 is 18.0 Å². The van der Waals surface area contributed by atoms with Gasteiger partial charge in [-0.15, -0.1) is 10.2 Å². The zero-order valence-corrected chi connectivity index (χ0v) is 11.3. The minimum atomic E-state index is -1.01. The fourth-order valence-corrected chi connectivity index (χ4v) is 1.70. The van der Waals surface area contributed by atoms with Crippen LogP contribution >= 0.6 is 0 Å². The first-order valence-corrected chi connectivity index (χ1v) is 6.03. The predicted octanol–water partition coefficient (Wildman–Crippen LogP) is -0.138. The highest BCUT2D eigenvalue weighted by molar-refractivity contribution is 5.82. The van der Waals surface area contributed by atoms with Crippen LogP contribution in [0.2, 0.25) is 0 Å². The van der Waals surface area contributed by atoms with E-state index in [1.165, 1.54) is 11.9 Å². The van der Waals surface area contributed by atoms with Gasteiger partial charge >= 0.3 is 12.0 Å². The summed E-state index contributed by atoms with van der Waals surface area (Å²) in [7, 11) is 3.29. The zero-order valence-electron chi connectivity index (χ0n) is 11.3. The third kappa shape index (κ3) is 3.94. The molecule has 1 atom stereocenters. The van der Waals surface area contributed by atoms with Crippen molar-refractivity contribution in [2.24, 2.45) is 7.05 Å². The second kappa shape index (κ2) is 6.72. The van der Waals surface area contributed by atoms with Gasteiger partial charge in [-0.2, -0.15) is 0 Å². The molecule has 0 aliphatic rings. The van der Waals surface area contributed by atoms with Crippen LogP contribution < -0.4 is 5.32 Å². The van der Waals surface area contributed by atoms with Crippen LogP contribution in [0.25, 0.3) is 0 Å². The van der Waals surface area contributed by atoms with Gasteiger partial charge in [0.1, 0.15) is 18.2 Å². The third-order valence-electron chi connectivity index (χ3n) is 2.89. The highest BCUT2D eigenvalue weighted by atomic mass is 16.4. The Balaban J connectivity index is 2.42. The van der Waals surface area contributed by atoms with Crippen LogP contribution in [0.4, 0.5) is 4.79 Å². The lowest BCUT2D eigenvalue weighted by molar-refractivity contribution is -0.141. The number of hydrogen-bond acceptors (Lipinski definition) is 4. The van der Waals surface area contributed by atoms with Crippen LogP contribution in [0.1, 0.15) is 19.2 Å². The Morgan fingerprint density at radius 1 is 1.58 bits per heavy atom. The number of urea groups is 1. The summed E-state index contributed by atoms with van der Waals surface area (Å²) in [4.78, 5) is 23.9. The number of carbonyl (C=O) groups is 2. The van der Waals surface area contributed by atoms with Crippen LogP contribution in [0.15, 0.2) is 6.33 Å². The maximum Gasteiger partial charge on any atom is 0.326 e. The van der Waals surface area contributed by atoms with Crippen LogP contribution in [0.5, 0.6) is 0 Å². The van der Waals surface area contributed by atoms with Gasteiger partial charge in [-0.3, -0.25) is 0 Å². The molecule has 0 saturated heterocycles. The van der Waals surface area contributed by atoms with Gasteiger partial charge in [0.2, 0.25) is 0 Å². The second-order valence-electron chi connectivity index (χ2n) is 4.21. The van der Waals surface area contributed by atoms with Crippen molar-refractivity contribution in [3.63, 3.8) is 0 Å². The molecule has 2 amide bonds. The first kappa shape index (κ1) is 14.9. The number of amides is 2. The normalized spacial score (nSPS) is 11.9. The van der Waals surface area contributed by atoms with Crippen molar-refractivity contribution in [3.8, 4) is 0 Å². The summed E-state index contributed by atoms with van der Waals surface area (Å²) in [6.07, 6.45) is 2.49. The van der Waals surface area contributed by atoms with E-state index in [0.29, 0.717) is 19.4 Å². The van der Waals surface area contributed by atoms with Crippen molar-refractivity contribution < 1.29 is 14.7 Å². The number of carbonyl (C=O) groups excluding carboxylic acids is 1. The average Bonchev–Trinajstić information content (AvgIpc) is 2.75. The second-order valence-corrected chi connectivity index (χ2v) is 4.21. The first-order valence-electron chi connectivity index (χ1n) is 6.03. The summed E-state index contributed by atoms with van der Waals surface area (Å²) in [5.41, 5.74) is 0. The summed E-state index contributed by atoms with van der Waals surface area (Å²) in [5.74, 6) is -0.248. The highest BCUT2D eigenvalue weighted by Gasteiger charge is 2.24. The number of likely N-dealkylation sites (N-methyl/N-ethyl adjacent to an activating group) is 1. The van der Waals surface area contributed by atoms with Gasteiger partial charge in [0.05, 0.1) is 0 Å². The number of aryl methyl sites for hydroxylation is 1. The Morgan fingerprint density at radius 2 is 2.26 bits per heavy atom. The third-order valence-corrected chi connectivity index (χ3v) is 2.89. The maximum absolute atomic E-state index is 11.8. The number of nitrogens with one attached hydrogen (secondary N) is 1. The van der Waals surface area contributed by atoms with Crippen LogP contribution in [-0.4, -0.2) is 56.4 Å². The van der Waals surface area contributed by atoms with E-state index in [2.05, 4.69) is 15.5 Å². The number of carboxylic acids is 1. The number of rotatable bonds is 6. The van der Waals surface area contributed by atoms with Gasteiger partial charge < -0.3 is 19.9 Å². The van der Waals surface area contributed by atoms with E-state index in [0.717, 1.165) is 5.82 Å². The molecule has 0 fully saturated rings. The van der Waals surface area contributed by atoms with Crippen LogP contribution in [-0.2, 0) is 18.3 Å². The molecule has 0 aliphatic heterocycles. The van der Waals surface area contributed by atoms with E-state index in [1.807, 2.05) is 7.05 Å². The van der Waals surface area contributed by atoms with E-state index in [-0.39, 0.29) is 0 Å². The fourth-order valence-electron chi connectivity index (χ4n) is 1.70. The van der Waals surface area contributed by atoms with Crippen LogP contribution in [0.3, 0.4) is 0 Å². The molecule has 8 heteroatoms. The van der Waals surface area contributed by atoms with Gasteiger partial charge in [-0.05, 0) is 6.42 Å². The molecule has 19 heavy (non-hydrogen) atoms. The summed E-state index contributed by atoms with van der Waals surface area (Å²) in [6, 6.07) is -1.22. The van der Waals surface area contributed by atoms with Gasteiger partial charge in [0, 0.05) is 27.1 Å². The molecule has 0 spiro atoms. The van der Waals surface area contributed by atoms with E-state index in [9.17, 15) is 9.59 Å². The Hall–Kier alpha value is -2.12. The minimum absolute atomic E-state index is 0.364. The van der Waals surface area contributed by atoms with Crippen molar-refractivity contribution in [2.75, 3.05) is 13.6 Å². The lowest BCUT2D eigenvalue weighted by Gasteiger charge is -2.23.